The monoisotopic (exact) mass is 241 g/mol. The summed E-state index contributed by atoms with van der Waals surface area (Å²) in [6.07, 6.45) is 7.27. The van der Waals surface area contributed by atoms with E-state index in [2.05, 4.69) is 6.92 Å². The Kier molecular flexibility index (Phi) is 6.67. The van der Waals surface area contributed by atoms with E-state index in [0.29, 0.717) is 19.6 Å². The van der Waals surface area contributed by atoms with Crippen LogP contribution in [0.5, 0.6) is 0 Å². The summed E-state index contributed by atoms with van der Waals surface area (Å²) in [5, 5.41) is 0. The molecular formula is C13H23NO3. The van der Waals surface area contributed by atoms with E-state index in [4.69, 9.17) is 4.74 Å². The highest BCUT2D eigenvalue weighted by Crippen LogP contribution is 2.11. The molecule has 0 spiro atoms. The zero-order chi connectivity index (χ0) is 12.5. The minimum Gasteiger partial charge on any atom is -0.449 e. The summed E-state index contributed by atoms with van der Waals surface area (Å²) in [4.78, 5) is 24.6. The van der Waals surface area contributed by atoms with Crippen molar-refractivity contribution in [3.8, 4) is 0 Å². The maximum Gasteiger partial charge on any atom is 0.416 e. The third-order valence-electron chi connectivity index (χ3n) is 3.02. The molecule has 1 aliphatic rings. The average Bonchev–Trinajstić information content (AvgIpc) is 2.53. The van der Waals surface area contributed by atoms with Crippen LogP contribution in [0.3, 0.4) is 0 Å². The van der Waals surface area contributed by atoms with Gasteiger partial charge in [-0.25, -0.2) is 9.69 Å². The Balaban J connectivity index is 2.23. The molecule has 4 heteroatoms. The number of cyclic esters (lactones) is 1. The summed E-state index contributed by atoms with van der Waals surface area (Å²) >= 11 is 0. The molecule has 1 heterocycles. The fraction of sp³-hybridized carbons (Fsp3) is 0.846. The molecule has 0 aromatic heterocycles. The third-order valence-corrected chi connectivity index (χ3v) is 3.02. The molecule has 0 bridgehead atoms. The number of amides is 2. The van der Waals surface area contributed by atoms with Crippen molar-refractivity contribution in [2.24, 2.45) is 0 Å². The van der Waals surface area contributed by atoms with E-state index in [-0.39, 0.29) is 5.91 Å². The van der Waals surface area contributed by atoms with E-state index in [1.807, 2.05) is 0 Å². The van der Waals surface area contributed by atoms with Gasteiger partial charge in [0.15, 0.2) is 0 Å². The average molecular weight is 241 g/mol. The number of nitrogens with zero attached hydrogens (tertiary/aromatic N) is 1. The Hall–Kier alpha value is -1.06. The minimum absolute atomic E-state index is 0.0756. The fourth-order valence-electron chi connectivity index (χ4n) is 1.94. The van der Waals surface area contributed by atoms with Gasteiger partial charge in [0.1, 0.15) is 0 Å². The first-order valence-electron chi connectivity index (χ1n) is 6.73. The van der Waals surface area contributed by atoms with Gasteiger partial charge in [0.05, 0.1) is 6.61 Å². The molecule has 2 amide bonds. The Morgan fingerprint density at radius 2 is 2.00 bits per heavy atom. The van der Waals surface area contributed by atoms with Crippen LogP contribution in [0.15, 0.2) is 0 Å². The highest BCUT2D eigenvalue weighted by atomic mass is 16.6. The van der Waals surface area contributed by atoms with Gasteiger partial charge in [-0.05, 0) is 19.3 Å². The lowest BCUT2D eigenvalue weighted by Crippen LogP contribution is -2.36. The molecule has 1 saturated heterocycles. The first kappa shape index (κ1) is 14.0. The van der Waals surface area contributed by atoms with Gasteiger partial charge in [0.2, 0.25) is 5.91 Å². The molecule has 0 aromatic carbocycles. The van der Waals surface area contributed by atoms with Gasteiger partial charge in [-0.15, -0.1) is 0 Å². The number of imide groups is 1. The molecule has 1 rings (SSSR count). The Labute approximate surface area is 103 Å². The summed E-state index contributed by atoms with van der Waals surface area (Å²) in [6, 6.07) is 0. The van der Waals surface area contributed by atoms with Crippen molar-refractivity contribution in [1.29, 1.82) is 0 Å². The lowest BCUT2D eigenvalue weighted by Gasteiger charge is -2.16. The number of unbranched alkanes of at least 4 members (excludes halogenated alkanes) is 4. The molecule has 0 aliphatic carbocycles. The van der Waals surface area contributed by atoms with E-state index in [1.165, 1.54) is 24.2 Å². The van der Waals surface area contributed by atoms with Crippen LogP contribution in [0.4, 0.5) is 4.79 Å². The summed E-state index contributed by atoms with van der Waals surface area (Å²) < 4.78 is 4.95. The Bertz CT molecular complexity index is 253. The molecule has 17 heavy (non-hydrogen) atoms. The second kappa shape index (κ2) is 8.09. The van der Waals surface area contributed by atoms with E-state index < -0.39 is 6.09 Å². The largest absolute Gasteiger partial charge is 0.449 e. The molecule has 98 valence electrons. The number of hydrogen-bond acceptors (Lipinski definition) is 3. The number of rotatable bonds is 6. The van der Waals surface area contributed by atoms with Crippen molar-refractivity contribution < 1.29 is 14.3 Å². The fourth-order valence-corrected chi connectivity index (χ4v) is 1.94. The van der Waals surface area contributed by atoms with Crippen molar-refractivity contribution in [2.75, 3.05) is 13.2 Å². The molecule has 0 atom stereocenters. The zero-order valence-corrected chi connectivity index (χ0v) is 10.7. The van der Waals surface area contributed by atoms with Gasteiger partial charge < -0.3 is 4.74 Å². The normalized spacial score (nSPS) is 16.5. The van der Waals surface area contributed by atoms with Gasteiger partial charge in [0, 0.05) is 13.0 Å². The van der Waals surface area contributed by atoms with Crippen molar-refractivity contribution in [3.63, 3.8) is 0 Å². The first-order chi connectivity index (χ1) is 8.25. The van der Waals surface area contributed by atoms with E-state index >= 15 is 0 Å². The minimum atomic E-state index is -0.457. The van der Waals surface area contributed by atoms with Crippen molar-refractivity contribution >= 4 is 12.0 Å². The topological polar surface area (TPSA) is 46.6 Å². The van der Waals surface area contributed by atoms with Gasteiger partial charge in [0.25, 0.3) is 0 Å². The van der Waals surface area contributed by atoms with E-state index in [9.17, 15) is 9.59 Å². The summed E-state index contributed by atoms with van der Waals surface area (Å²) in [7, 11) is 0. The maximum atomic E-state index is 11.8. The molecule has 0 saturated carbocycles. The van der Waals surface area contributed by atoms with Crippen LogP contribution in [-0.2, 0) is 9.53 Å². The van der Waals surface area contributed by atoms with Crippen LogP contribution in [-0.4, -0.2) is 30.1 Å². The molecule has 0 N–H and O–H groups in total. The molecule has 4 nitrogen and oxygen atoms in total. The summed E-state index contributed by atoms with van der Waals surface area (Å²) in [5.41, 5.74) is 0. The third kappa shape index (κ3) is 5.20. The second-order valence-corrected chi connectivity index (χ2v) is 4.53. The SMILES string of the molecule is CCCCCCCC(=O)N1CCCCOC1=O. The van der Waals surface area contributed by atoms with Crippen molar-refractivity contribution in [3.05, 3.63) is 0 Å². The van der Waals surface area contributed by atoms with E-state index in [1.54, 1.807) is 0 Å². The van der Waals surface area contributed by atoms with Crippen molar-refractivity contribution in [1.82, 2.24) is 4.90 Å². The molecule has 0 aromatic rings. The number of ether oxygens (including phenoxy) is 1. The van der Waals surface area contributed by atoms with Gasteiger partial charge in [-0.3, -0.25) is 4.79 Å². The van der Waals surface area contributed by atoms with Crippen LogP contribution in [0.25, 0.3) is 0 Å². The molecule has 0 radical (unpaired) electrons. The summed E-state index contributed by atoms with van der Waals surface area (Å²) in [5.74, 6) is -0.0756. The lowest BCUT2D eigenvalue weighted by molar-refractivity contribution is -0.129. The van der Waals surface area contributed by atoms with Crippen LogP contribution < -0.4 is 0 Å². The predicted molar refractivity (Wildman–Crippen MR) is 65.7 cm³/mol. The maximum absolute atomic E-state index is 11.8. The standard InChI is InChI=1S/C13H23NO3/c1-2-3-4-5-6-9-12(15)14-10-7-8-11-17-13(14)16/h2-11H2,1H3. The van der Waals surface area contributed by atoms with Gasteiger partial charge in [-0.2, -0.15) is 0 Å². The highest BCUT2D eigenvalue weighted by molar-refractivity contribution is 5.91. The molecule has 0 unspecified atom stereocenters. The van der Waals surface area contributed by atoms with Crippen LogP contribution in [0.2, 0.25) is 0 Å². The van der Waals surface area contributed by atoms with Crippen molar-refractivity contribution in [2.45, 2.75) is 58.3 Å². The first-order valence-corrected chi connectivity index (χ1v) is 6.73. The number of hydrogen-bond donors (Lipinski definition) is 0. The predicted octanol–water partition coefficient (Wildman–Crippen LogP) is 3.11. The van der Waals surface area contributed by atoms with Gasteiger partial charge in [-0.1, -0.05) is 32.6 Å². The number of carbonyl (C=O) groups is 2. The zero-order valence-electron chi connectivity index (χ0n) is 10.7. The smallest absolute Gasteiger partial charge is 0.416 e. The Morgan fingerprint density at radius 1 is 1.24 bits per heavy atom. The molecule has 1 fully saturated rings. The lowest BCUT2D eigenvalue weighted by atomic mass is 10.1. The molecule has 1 aliphatic heterocycles. The van der Waals surface area contributed by atoms with Crippen LogP contribution in [0, 0.1) is 0 Å². The second-order valence-electron chi connectivity index (χ2n) is 4.53. The van der Waals surface area contributed by atoms with Crippen LogP contribution >= 0.6 is 0 Å². The van der Waals surface area contributed by atoms with E-state index in [0.717, 1.165) is 25.7 Å². The highest BCUT2D eigenvalue weighted by Gasteiger charge is 2.23. The quantitative estimate of drug-likeness (QED) is 0.671. The van der Waals surface area contributed by atoms with Crippen LogP contribution in [0.1, 0.15) is 58.3 Å². The number of carbonyl (C=O) groups excluding carboxylic acids is 2. The molecular weight excluding hydrogens is 218 g/mol. The van der Waals surface area contributed by atoms with Gasteiger partial charge >= 0.3 is 6.09 Å². The summed E-state index contributed by atoms with van der Waals surface area (Å²) in [6.45, 7) is 3.13. The Morgan fingerprint density at radius 3 is 2.76 bits per heavy atom.